The maximum Gasteiger partial charge on any atom is 0.256 e. The molecule has 1 aliphatic heterocycles. The fourth-order valence-electron chi connectivity index (χ4n) is 3.70. The summed E-state index contributed by atoms with van der Waals surface area (Å²) in [4.78, 5) is 35.7. The summed E-state index contributed by atoms with van der Waals surface area (Å²) in [5, 5.41) is 6.99. The molecule has 4 heterocycles. The van der Waals surface area contributed by atoms with Gasteiger partial charge in [-0.15, -0.1) is 0 Å². The number of likely N-dealkylation sites (tertiary alicyclic amines) is 1. The highest BCUT2D eigenvalue weighted by Crippen LogP contribution is 2.32. The zero-order valence-corrected chi connectivity index (χ0v) is 15.9. The van der Waals surface area contributed by atoms with E-state index in [2.05, 4.69) is 20.4 Å². The van der Waals surface area contributed by atoms with Crippen molar-refractivity contribution in [3.8, 4) is 0 Å². The number of nitrogens with zero attached hydrogens (tertiary/aromatic N) is 5. The second kappa shape index (κ2) is 7.38. The van der Waals surface area contributed by atoms with Crippen molar-refractivity contribution in [3.63, 3.8) is 0 Å². The molecule has 0 bridgehead atoms. The maximum absolute atomic E-state index is 13.2. The summed E-state index contributed by atoms with van der Waals surface area (Å²) in [7, 11) is 1.58. The molecule has 144 valence electrons. The fourth-order valence-corrected chi connectivity index (χ4v) is 3.70. The molecule has 1 N–H and O–H groups in total. The van der Waals surface area contributed by atoms with Crippen LogP contribution < -0.4 is 5.32 Å². The third-order valence-corrected chi connectivity index (χ3v) is 5.17. The fraction of sp³-hybridized carbons (Fsp3) is 0.350. The summed E-state index contributed by atoms with van der Waals surface area (Å²) in [6.45, 7) is 2.57. The van der Waals surface area contributed by atoms with Crippen molar-refractivity contribution in [2.24, 2.45) is 0 Å². The Labute approximate surface area is 162 Å². The normalized spacial score (nSPS) is 16.9. The van der Waals surface area contributed by atoms with Crippen LogP contribution in [0.5, 0.6) is 0 Å². The zero-order chi connectivity index (χ0) is 19.7. The van der Waals surface area contributed by atoms with Gasteiger partial charge in [-0.2, -0.15) is 5.10 Å². The van der Waals surface area contributed by atoms with Gasteiger partial charge in [-0.25, -0.2) is 9.50 Å². The average molecular weight is 378 g/mol. The van der Waals surface area contributed by atoms with Crippen molar-refractivity contribution in [2.75, 3.05) is 13.6 Å². The molecule has 1 aliphatic rings. The lowest BCUT2D eigenvalue weighted by molar-refractivity contribution is 0.0602. The minimum absolute atomic E-state index is 0.0409. The van der Waals surface area contributed by atoms with Crippen LogP contribution in [0.15, 0.2) is 36.8 Å². The van der Waals surface area contributed by atoms with Gasteiger partial charge in [0.2, 0.25) is 0 Å². The van der Waals surface area contributed by atoms with E-state index in [0.717, 1.165) is 30.7 Å². The number of carbonyl (C=O) groups is 2. The number of rotatable bonds is 3. The van der Waals surface area contributed by atoms with Crippen molar-refractivity contribution in [3.05, 3.63) is 59.3 Å². The van der Waals surface area contributed by atoms with Crippen LogP contribution in [0.3, 0.4) is 0 Å². The van der Waals surface area contributed by atoms with E-state index in [9.17, 15) is 9.59 Å². The summed E-state index contributed by atoms with van der Waals surface area (Å²) in [5.74, 6) is -0.275. The minimum Gasteiger partial charge on any atom is -0.355 e. The Morgan fingerprint density at radius 1 is 1.14 bits per heavy atom. The molecule has 4 rings (SSSR count). The van der Waals surface area contributed by atoms with Crippen molar-refractivity contribution < 1.29 is 9.59 Å². The molecule has 1 fully saturated rings. The molecule has 0 spiro atoms. The smallest absolute Gasteiger partial charge is 0.256 e. The zero-order valence-electron chi connectivity index (χ0n) is 15.9. The number of piperidine rings is 1. The highest BCUT2D eigenvalue weighted by atomic mass is 16.2. The van der Waals surface area contributed by atoms with Gasteiger partial charge in [0.15, 0.2) is 5.65 Å². The molecule has 8 heteroatoms. The van der Waals surface area contributed by atoms with Crippen LogP contribution in [-0.2, 0) is 0 Å². The van der Waals surface area contributed by atoms with Crippen LogP contribution in [0.1, 0.15) is 57.4 Å². The van der Waals surface area contributed by atoms with Crippen LogP contribution in [-0.4, -0.2) is 49.9 Å². The Kier molecular flexibility index (Phi) is 4.77. The van der Waals surface area contributed by atoms with E-state index >= 15 is 0 Å². The van der Waals surface area contributed by atoms with Crippen LogP contribution in [0, 0.1) is 6.92 Å². The number of hydrogen-bond acceptors (Lipinski definition) is 5. The SMILES string of the molecule is CNC(=O)c1cnn2c(C3CCCCN3C(=O)c3ccc(C)nc3)ccnc12. The van der Waals surface area contributed by atoms with Crippen LogP contribution in [0.4, 0.5) is 0 Å². The first kappa shape index (κ1) is 18.1. The second-order valence-corrected chi connectivity index (χ2v) is 6.94. The number of aromatic nitrogens is 4. The van der Waals surface area contributed by atoms with Crippen molar-refractivity contribution in [1.82, 2.24) is 29.8 Å². The topological polar surface area (TPSA) is 92.5 Å². The standard InChI is InChI=1S/C20H22N6O2/c1-13-6-7-14(11-23-13)20(28)25-10-4-3-5-16(25)17-8-9-22-18-15(19(27)21-2)12-24-26(17)18/h6-9,11-12,16H,3-5,10H2,1-2H3,(H,21,27). The van der Waals surface area contributed by atoms with Crippen LogP contribution in [0.2, 0.25) is 0 Å². The van der Waals surface area contributed by atoms with Gasteiger partial charge >= 0.3 is 0 Å². The van der Waals surface area contributed by atoms with E-state index in [0.29, 0.717) is 23.3 Å². The van der Waals surface area contributed by atoms with Crippen LogP contribution >= 0.6 is 0 Å². The van der Waals surface area contributed by atoms with Gasteiger partial charge in [-0.1, -0.05) is 0 Å². The first-order valence-electron chi connectivity index (χ1n) is 9.38. The van der Waals surface area contributed by atoms with Gasteiger partial charge in [-0.05, 0) is 44.4 Å². The molecule has 1 unspecified atom stereocenters. The average Bonchev–Trinajstić information content (AvgIpc) is 3.17. The lowest BCUT2D eigenvalue weighted by Gasteiger charge is -2.36. The molecule has 0 aromatic carbocycles. The Morgan fingerprint density at radius 2 is 2.00 bits per heavy atom. The summed E-state index contributed by atoms with van der Waals surface area (Å²) < 4.78 is 1.67. The van der Waals surface area contributed by atoms with Gasteiger partial charge in [0.1, 0.15) is 5.56 Å². The Hall–Kier alpha value is -3.29. The Balaban J connectivity index is 1.74. The third-order valence-electron chi connectivity index (χ3n) is 5.17. The third kappa shape index (κ3) is 3.11. The van der Waals surface area contributed by atoms with Gasteiger partial charge in [-0.3, -0.25) is 14.6 Å². The first-order valence-corrected chi connectivity index (χ1v) is 9.38. The number of aryl methyl sites for hydroxylation is 1. The summed E-state index contributed by atoms with van der Waals surface area (Å²) in [6.07, 6.45) is 7.63. The molecule has 8 nitrogen and oxygen atoms in total. The number of fused-ring (bicyclic) bond motifs is 1. The molecule has 3 aromatic heterocycles. The lowest BCUT2D eigenvalue weighted by atomic mass is 9.98. The molecule has 3 aromatic rings. The van der Waals surface area contributed by atoms with Gasteiger partial charge < -0.3 is 10.2 Å². The molecule has 0 radical (unpaired) electrons. The number of hydrogen-bond donors (Lipinski definition) is 1. The van der Waals surface area contributed by atoms with E-state index in [1.165, 1.54) is 6.20 Å². The van der Waals surface area contributed by atoms with Gasteiger partial charge in [0.05, 0.1) is 23.5 Å². The predicted molar refractivity (Wildman–Crippen MR) is 103 cm³/mol. The summed E-state index contributed by atoms with van der Waals surface area (Å²) in [6, 6.07) is 5.40. The highest BCUT2D eigenvalue weighted by Gasteiger charge is 2.31. The largest absolute Gasteiger partial charge is 0.355 e. The van der Waals surface area contributed by atoms with Crippen molar-refractivity contribution >= 4 is 17.5 Å². The molecule has 0 saturated carbocycles. The molecular weight excluding hydrogens is 356 g/mol. The number of amides is 2. The number of pyridine rings is 1. The van der Waals surface area contributed by atoms with E-state index < -0.39 is 0 Å². The number of nitrogens with one attached hydrogen (secondary N) is 1. The molecule has 1 atom stereocenters. The van der Waals surface area contributed by atoms with E-state index in [4.69, 9.17) is 0 Å². The Bertz CT molecular complexity index is 1030. The van der Waals surface area contributed by atoms with Crippen molar-refractivity contribution in [2.45, 2.75) is 32.2 Å². The summed E-state index contributed by atoms with van der Waals surface area (Å²) >= 11 is 0. The lowest BCUT2D eigenvalue weighted by Crippen LogP contribution is -2.39. The molecule has 2 amide bonds. The van der Waals surface area contributed by atoms with Crippen molar-refractivity contribution in [1.29, 1.82) is 0 Å². The first-order chi connectivity index (χ1) is 13.6. The summed E-state index contributed by atoms with van der Waals surface area (Å²) in [5.41, 5.74) is 3.22. The molecule has 1 saturated heterocycles. The second-order valence-electron chi connectivity index (χ2n) is 6.94. The van der Waals surface area contributed by atoms with E-state index in [1.54, 1.807) is 24.0 Å². The highest BCUT2D eigenvalue weighted by molar-refractivity contribution is 5.99. The van der Waals surface area contributed by atoms with Gasteiger partial charge in [0.25, 0.3) is 11.8 Å². The van der Waals surface area contributed by atoms with Gasteiger partial charge in [0, 0.05) is 31.7 Å². The van der Waals surface area contributed by atoms with E-state index in [-0.39, 0.29) is 17.9 Å². The molecular formula is C20H22N6O2. The molecule has 28 heavy (non-hydrogen) atoms. The quantitative estimate of drug-likeness (QED) is 0.754. The monoisotopic (exact) mass is 378 g/mol. The molecule has 0 aliphatic carbocycles. The number of carbonyl (C=O) groups excluding carboxylic acids is 2. The Morgan fingerprint density at radius 3 is 2.75 bits per heavy atom. The predicted octanol–water partition coefficient (Wildman–Crippen LogP) is 2.16. The van der Waals surface area contributed by atoms with Crippen LogP contribution in [0.25, 0.3) is 5.65 Å². The maximum atomic E-state index is 13.2. The minimum atomic E-state index is -0.234. The van der Waals surface area contributed by atoms with E-state index in [1.807, 2.05) is 30.0 Å².